The maximum atomic E-state index is 11.3. The lowest BCUT2D eigenvalue weighted by Crippen LogP contribution is -2.30. The van der Waals surface area contributed by atoms with Gasteiger partial charge in [0.05, 0.1) is 19.3 Å². The summed E-state index contributed by atoms with van der Waals surface area (Å²) in [6, 6.07) is 11.7. The predicted octanol–water partition coefficient (Wildman–Crippen LogP) is 2.34. The summed E-state index contributed by atoms with van der Waals surface area (Å²) in [6.45, 7) is 3.53. The molecule has 0 atom stereocenters. The Bertz CT molecular complexity index is 551. The van der Waals surface area contributed by atoms with Crippen LogP contribution in [-0.4, -0.2) is 36.2 Å². The van der Waals surface area contributed by atoms with E-state index in [-0.39, 0.29) is 12.5 Å². The van der Waals surface area contributed by atoms with Gasteiger partial charge in [0.15, 0.2) is 5.76 Å². The molecule has 0 aliphatic rings. The van der Waals surface area contributed by atoms with Crippen LogP contribution < -0.4 is 0 Å². The predicted molar refractivity (Wildman–Crippen MR) is 74.9 cm³/mol. The largest absolute Gasteiger partial charge is 0.468 e. The standard InChI is InChI=1S/C15H18N2O3/c1-3-17(11-15(18)19-2)10-13-9-14(20-16-13)12-7-5-4-6-8-12/h4-9H,3,10-11H2,1-2H3. The van der Waals surface area contributed by atoms with E-state index in [2.05, 4.69) is 9.89 Å². The van der Waals surface area contributed by atoms with Gasteiger partial charge in [-0.1, -0.05) is 42.4 Å². The van der Waals surface area contributed by atoms with Gasteiger partial charge in [-0.25, -0.2) is 0 Å². The van der Waals surface area contributed by atoms with E-state index in [1.807, 2.05) is 48.2 Å². The Labute approximate surface area is 118 Å². The maximum absolute atomic E-state index is 11.3. The van der Waals surface area contributed by atoms with Gasteiger partial charge in [-0.3, -0.25) is 9.69 Å². The van der Waals surface area contributed by atoms with Crippen LogP contribution in [0.1, 0.15) is 12.6 Å². The van der Waals surface area contributed by atoms with Crippen LogP contribution in [0.3, 0.4) is 0 Å². The first-order valence-electron chi connectivity index (χ1n) is 6.53. The van der Waals surface area contributed by atoms with Crippen molar-refractivity contribution in [3.05, 3.63) is 42.1 Å². The third-order valence-electron chi connectivity index (χ3n) is 3.03. The van der Waals surface area contributed by atoms with Crippen molar-refractivity contribution >= 4 is 5.97 Å². The Kier molecular flexibility index (Phi) is 4.90. The molecule has 0 spiro atoms. The number of ether oxygens (including phenoxy) is 1. The molecule has 0 radical (unpaired) electrons. The van der Waals surface area contributed by atoms with E-state index in [0.717, 1.165) is 23.6 Å². The molecule has 0 aliphatic carbocycles. The molecular formula is C15H18N2O3. The van der Waals surface area contributed by atoms with Crippen LogP contribution in [0.15, 0.2) is 40.9 Å². The SMILES string of the molecule is CCN(CC(=O)OC)Cc1cc(-c2ccccc2)on1. The van der Waals surface area contributed by atoms with Crippen molar-refractivity contribution < 1.29 is 14.1 Å². The van der Waals surface area contributed by atoms with Gasteiger partial charge in [-0.15, -0.1) is 0 Å². The minimum atomic E-state index is -0.251. The summed E-state index contributed by atoms with van der Waals surface area (Å²) in [5.41, 5.74) is 1.79. The second-order valence-electron chi connectivity index (χ2n) is 4.43. The van der Waals surface area contributed by atoms with Crippen molar-refractivity contribution in [1.29, 1.82) is 0 Å². The quantitative estimate of drug-likeness (QED) is 0.757. The normalized spacial score (nSPS) is 10.8. The number of hydrogen-bond donors (Lipinski definition) is 0. The van der Waals surface area contributed by atoms with Crippen LogP contribution in [0.25, 0.3) is 11.3 Å². The van der Waals surface area contributed by atoms with Crippen LogP contribution in [0.5, 0.6) is 0 Å². The molecule has 20 heavy (non-hydrogen) atoms. The molecule has 2 aromatic rings. The Balaban J connectivity index is 2.03. The van der Waals surface area contributed by atoms with Crippen molar-refractivity contribution in [2.45, 2.75) is 13.5 Å². The average molecular weight is 274 g/mol. The van der Waals surface area contributed by atoms with Gasteiger partial charge in [-0.2, -0.15) is 0 Å². The fraction of sp³-hybridized carbons (Fsp3) is 0.333. The first kappa shape index (κ1) is 14.3. The number of benzene rings is 1. The van der Waals surface area contributed by atoms with Crippen molar-refractivity contribution in [3.8, 4) is 11.3 Å². The van der Waals surface area contributed by atoms with E-state index in [4.69, 9.17) is 4.52 Å². The lowest BCUT2D eigenvalue weighted by atomic mass is 10.1. The second kappa shape index (κ2) is 6.86. The Hall–Kier alpha value is -2.14. The smallest absolute Gasteiger partial charge is 0.319 e. The number of nitrogens with zero attached hydrogens (tertiary/aromatic N) is 2. The fourth-order valence-electron chi connectivity index (χ4n) is 1.88. The first-order valence-corrected chi connectivity index (χ1v) is 6.53. The summed E-state index contributed by atoms with van der Waals surface area (Å²) in [5.74, 6) is 0.480. The zero-order valence-electron chi connectivity index (χ0n) is 11.7. The highest BCUT2D eigenvalue weighted by Crippen LogP contribution is 2.20. The number of hydrogen-bond acceptors (Lipinski definition) is 5. The van der Waals surface area contributed by atoms with Gasteiger partial charge in [-0.05, 0) is 6.54 Å². The molecule has 0 bridgehead atoms. The molecule has 0 unspecified atom stereocenters. The third kappa shape index (κ3) is 3.68. The van der Waals surface area contributed by atoms with E-state index in [9.17, 15) is 4.79 Å². The molecule has 0 saturated heterocycles. The minimum absolute atomic E-state index is 0.251. The number of rotatable bonds is 6. The molecular weight excluding hydrogens is 256 g/mol. The molecule has 0 N–H and O–H groups in total. The molecule has 2 rings (SSSR count). The molecule has 0 aliphatic heterocycles. The minimum Gasteiger partial charge on any atom is -0.468 e. The molecule has 5 heteroatoms. The van der Waals surface area contributed by atoms with Crippen molar-refractivity contribution in [2.75, 3.05) is 20.2 Å². The van der Waals surface area contributed by atoms with E-state index in [0.29, 0.717) is 6.54 Å². The van der Waals surface area contributed by atoms with Gasteiger partial charge in [0, 0.05) is 18.2 Å². The Morgan fingerprint density at radius 2 is 2.10 bits per heavy atom. The molecule has 0 fully saturated rings. The summed E-state index contributed by atoms with van der Waals surface area (Å²) in [6.07, 6.45) is 0. The lowest BCUT2D eigenvalue weighted by Gasteiger charge is -2.16. The molecule has 106 valence electrons. The number of likely N-dealkylation sites (N-methyl/N-ethyl adjacent to an activating group) is 1. The molecule has 0 amide bonds. The molecule has 5 nitrogen and oxygen atoms in total. The first-order chi connectivity index (χ1) is 9.72. The average Bonchev–Trinajstić information content (AvgIpc) is 2.95. The van der Waals surface area contributed by atoms with Crippen LogP contribution >= 0.6 is 0 Å². The van der Waals surface area contributed by atoms with Crippen LogP contribution in [0.4, 0.5) is 0 Å². The Morgan fingerprint density at radius 1 is 1.35 bits per heavy atom. The van der Waals surface area contributed by atoms with Crippen LogP contribution in [-0.2, 0) is 16.1 Å². The molecule has 1 aromatic heterocycles. The number of methoxy groups -OCH3 is 1. The summed E-state index contributed by atoms with van der Waals surface area (Å²) < 4.78 is 10.0. The van der Waals surface area contributed by atoms with E-state index < -0.39 is 0 Å². The fourth-order valence-corrected chi connectivity index (χ4v) is 1.88. The van der Waals surface area contributed by atoms with E-state index in [1.54, 1.807) is 0 Å². The summed E-state index contributed by atoms with van der Waals surface area (Å²) in [5, 5.41) is 4.04. The van der Waals surface area contributed by atoms with E-state index in [1.165, 1.54) is 7.11 Å². The van der Waals surface area contributed by atoms with Crippen LogP contribution in [0.2, 0.25) is 0 Å². The monoisotopic (exact) mass is 274 g/mol. The number of carbonyl (C=O) groups excluding carboxylic acids is 1. The highest BCUT2D eigenvalue weighted by Gasteiger charge is 2.13. The van der Waals surface area contributed by atoms with Gasteiger partial charge >= 0.3 is 5.97 Å². The van der Waals surface area contributed by atoms with Gasteiger partial charge < -0.3 is 9.26 Å². The second-order valence-corrected chi connectivity index (χ2v) is 4.43. The summed E-state index contributed by atoms with van der Waals surface area (Å²) in [4.78, 5) is 13.2. The highest BCUT2D eigenvalue weighted by atomic mass is 16.5. The lowest BCUT2D eigenvalue weighted by molar-refractivity contribution is -0.142. The van der Waals surface area contributed by atoms with E-state index >= 15 is 0 Å². The van der Waals surface area contributed by atoms with Gasteiger partial charge in [0.25, 0.3) is 0 Å². The number of carbonyl (C=O) groups is 1. The topological polar surface area (TPSA) is 55.6 Å². The maximum Gasteiger partial charge on any atom is 0.319 e. The van der Waals surface area contributed by atoms with Gasteiger partial charge in [0.1, 0.15) is 0 Å². The molecule has 0 saturated carbocycles. The van der Waals surface area contributed by atoms with Crippen molar-refractivity contribution in [2.24, 2.45) is 0 Å². The van der Waals surface area contributed by atoms with Crippen molar-refractivity contribution in [1.82, 2.24) is 10.1 Å². The molecule has 1 aromatic carbocycles. The zero-order chi connectivity index (χ0) is 14.4. The number of aromatic nitrogens is 1. The van der Waals surface area contributed by atoms with Crippen LogP contribution in [0, 0.1) is 0 Å². The molecule has 1 heterocycles. The zero-order valence-corrected chi connectivity index (χ0v) is 11.7. The summed E-state index contributed by atoms with van der Waals surface area (Å²) in [7, 11) is 1.39. The summed E-state index contributed by atoms with van der Waals surface area (Å²) >= 11 is 0. The van der Waals surface area contributed by atoms with Crippen molar-refractivity contribution in [3.63, 3.8) is 0 Å². The number of esters is 1. The highest BCUT2D eigenvalue weighted by molar-refractivity contribution is 5.71. The Morgan fingerprint density at radius 3 is 2.75 bits per heavy atom. The third-order valence-corrected chi connectivity index (χ3v) is 3.03. The van der Waals surface area contributed by atoms with Gasteiger partial charge in [0.2, 0.25) is 0 Å².